The number of rotatable bonds is 4. The third-order valence-corrected chi connectivity index (χ3v) is 9.41. The smallest absolute Gasteiger partial charge is 0.0998 e. The molecule has 2 aromatic heterocycles. The predicted octanol–water partition coefficient (Wildman–Crippen LogP) is 11.0. The summed E-state index contributed by atoms with van der Waals surface area (Å²) in [6.07, 6.45) is 0. The van der Waals surface area contributed by atoms with Crippen molar-refractivity contribution in [3.8, 4) is 45.8 Å². The molecule has 0 aliphatic carbocycles. The first-order valence-electron chi connectivity index (χ1n) is 15.9. The summed E-state index contributed by atoms with van der Waals surface area (Å²) in [5.41, 5.74) is 10.9. The first kappa shape index (κ1) is 27.4. The molecule has 4 nitrogen and oxygen atoms in total. The molecule has 0 spiro atoms. The van der Waals surface area contributed by atoms with Gasteiger partial charge in [0.1, 0.15) is 0 Å². The molecule has 0 aliphatic rings. The third-order valence-electron chi connectivity index (χ3n) is 9.41. The number of aromatic nitrogens is 2. The van der Waals surface area contributed by atoms with Crippen LogP contribution in [0.5, 0.6) is 0 Å². The van der Waals surface area contributed by atoms with E-state index in [0.717, 1.165) is 66.5 Å². The lowest BCUT2D eigenvalue weighted by molar-refractivity contribution is 1.18. The molecular formula is C44H26N4. The maximum absolute atomic E-state index is 10.5. The first-order chi connectivity index (χ1) is 23.7. The van der Waals surface area contributed by atoms with Crippen LogP contribution >= 0.6 is 0 Å². The Kier molecular flexibility index (Phi) is 6.22. The van der Waals surface area contributed by atoms with Crippen LogP contribution in [0, 0.1) is 22.7 Å². The standard InChI is InChI=1S/C44H26N4/c45-27-31-12-10-22-43(48-41-20-7-3-16-37(41)38-17-4-8-21-42(38)48)44(31)30-23-24-34(32(25-30)28-46)29-11-9-13-33(26-29)47-39-18-5-1-14-35(39)36-15-2-6-19-40(36)47/h1-26H. The first-order valence-corrected chi connectivity index (χ1v) is 15.9. The van der Waals surface area contributed by atoms with Gasteiger partial charge in [0.15, 0.2) is 0 Å². The Bertz CT molecular complexity index is 2710. The summed E-state index contributed by atoms with van der Waals surface area (Å²) in [4.78, 5) is 0. The van der Waals surface area contributed by atoms with Crippen LogP contribution in [-0.2, 0) is 0 Å². The van der Waals surface area contributed by atoms with E-state index in [4.69, 9.17) is 0 Å². The summed E-state index contributed by atoms with van der Waals surface area (Å²) < 4.78 is 4.52. The fourth-order valence-corrected chi connectivity index (χ4v) is 7.36. The summed E-state index contributed by atoms with van der Waals surface area (Å²) in [7, 11) is 0. The summed E-state index contributed by atoms with van der Waals surface area (Å²) in [6, 6.07) is 58.7. The average molecular weight is 611 g/mol. The van der Waals surface area contributed by atoms with Gasteiger partial charge in [-0.2, -0.15) is 10.5 Å². The molecule has 9 rings (SSSR count). The van der Waals surface area contributed by atoms with Crippen molar-refractivity contribution in [2.75, 3.05) is 0 Å². The van der Waals surface area contributed by atoms with Crippen LogP contribution in [0.2, 0.25) is 0 Å². The lowest BCUT2D eigenvalue weighted by atomic mass is 9.92. The highest BCUT2D eigenvalue weighted by atomic mass is 15.0. The van der Waals surface area contributed by atoms with E-state index in [1.165, 1.54) is 10.8 Å². The van der Waals surface area contributed by atoms with E-state index < -0.39 is 0 Å². The van der Waals surface area contributed by atoms with Crippen molar-refractivity contribution in [2.24, 2.45) is 0 Å². The summed E-state index contributed by atoms with van der Waals surface area (Å²) >= 11 is 0. The van der Waals surface area contributed by atoms with Crippen molar-refractivity contribution >= 4 is 43.6 Å². The molecule has 4 heteroatoms. The van der Waals surface area contributed by atoms with Gasteiger partial charge in [0.05, 0.1) is 51.0 Å². The van der Waals surface area contributed by atoms with E-state index in [1.807, 2.05) is 42.5 Å². The second-order valence-electron chi connectivity index (χ2n) is 12.0. The number of hydrogen-bond donors (Lipinski definition) is 0. The van der Waals surface area contributed by atoms with Crippen LogP contribution in [0.15, 0.2) is 158 Å². The molecule has 0 fully saturated rings. The van der Waals surface area contributed by atoms with E-state index in [1.54, 1.807) is 0 Å². The van der Waals surface area contributed by atoms with Gasteiger partial charge in [-0.05, 0) is 71.3 Å². The average Bonchev–Trinajstić information content (AvgIpc) is 3.67. The minimum Gasteiger partial charge on any atom is -0.309 e. The highest BCUT2D eigenvalue weighted by molar-refractivity contribution is 6.10. The molecule has 0 saturated heterocycles. The molecule has 0 unspecified atom stereocenters. The summed E-state index contributed by atoms with van der Waals surface area (Å²) in [5.74, 6) is 0. The van der Waals surface area contributed by atoms with E-state index in [9.17, 15) is 10.5 Å². The number of fused-ring (bicyclic) bond motifs is 6. The molecule has 0 radical (unpaired) electrons. The van der Waals surface area contributed by atoms with Crippen LogP contribution in [0.4, 0.5) is 0 Å². The molecule has 222 valence electrons. The number of hydrogen-bond acceptors (Lipinski definition) is 2. The molecule has 7 aromatic carbocycles. The Labute approximate surface area is 277 Å². The van der Waals surface area contributed by atoms with Crippen LogP contribution in [-0.4, -0.2) is 9.13 Å². The molecule has 48 heavy (non-hydrogen) atoms. The second-order valence-corrected chi connectivity index (χ2v) is 12.0. The van der Waals surface area contributed by atoms with Crippen LogP contribution in [0.25, 0.3) is 77.2 Å². The van der Waals surface area contributed by atoms with Gasteiger partial charge in [-0.1, -0.05) is 103 Å². The Hall–Kier alpha value is -6.88. The van der Waals surface area contributed by atoms with Crippen LogP contribution < -0.4 is 0 Å². The number of nitrogens with zero attached hydrogens (tertiary/aromatic N) is 4. The van der Waals surface area contributed by atoms with Crippen molar-refractivity contribution < 1.29 is 0 Å². The fraction of sp³-hybridized carbons (Fsp3) is 0. The van der Waals surface area contributed by atoms with Crippen LogP contribution in [0.1, 0.15) is 11.1 Å². The van der Waals surface area contributed by atoms with Gasteiger partial charge in [0.2, 0.25) is 0 Å². The van der Waals surface area contributed by atoms with E-state index in [0.29, 0.717) is 11.1 Å². The monoisotopic (exact) mass is 610 g/mol. The molecule has 0 saturated carbocycles. The lowest BCUT2D eigenvalue weighted by Crippen LogP contribution is -2.00. The second kappa shape index (κ2) is 10.9. The number of para-hydroxylation sites is 4. The van der Waals surface area contributed by atoms with Crippen LogP contribution in [0.3, 0.4) is 0 Å². The molecule has 0 aliphatic heterocycles. The van der Waals surface area contributed by atoms with Gasteiger partial charge in [-0.3, -0.25) is 0 Å². The topological polar surface area (TPSA) is 57.4 Å². The molecular weight excluding hydrogens is 585 g/mol. The highest BCUT2D eigenvalue weighted by Crippen LogP contribution is 2.39. The predicted molar refractivity (Wildman–Crippen MR) is 195 cm³/mol. The Morgan fingerprint density at radius 3 is 1.48 bits per heavy atom. The molecule has 0 bridgehead atoms. The largest absolute Gasteiger partial charge is 0.309 e. The highest BCUT2D eigenvalue weighted by Gasteiger charge is 2.19. The van der Waals surface area contributed by atoms with Crippen molar-refractivity contribution in [3.63, 3.8) is 0 Å². The van der Waals surface area contributed by atoms with E-state index in [2.05, 4.69) is 137 Å². The molecule has 2 heterocycles. The zero-order chi connectivity index (χ0) is 32.2. The van der Waals surface area contributed by atoms with Gasteiger partial charge in [0.25, 0.3) is 0 Å². The van der Waals surface area contributed by atoms with Gasteiger partial charge in [-0.25, -0.2) is 0 Å². The van der Waals surface area contributed by atoms with Crippen molar-refractivity contribution in [1.82, 2.24) is 9.13 Å². The minimum absolute atomic E-state index is 0.549. The Morgan fingerprint density at radius 2 is 0.917 bits per heavy atom. The minimum atomic E-state index is 0.549. The summed E-state index contributed by atoms with van der Waals surface area (Å²) in [5, 5.41) is 25.6. The molecule has 9 aromatic rings. The Morgan fingerprint density at radius 1 is 0.396 bits per heavy atom. The fourth-order valence-electron chi connectivity index (χ4n) is 7.36. The lowest BCUT2D eigenvalue weighted by Gasteiger charge is -2.17. The number of nitriles is 2. The zero-order valence-electron chi connectivity index (χ0n) is 25.8. The molecule has 0 amide bonds. The number of benzene rings is 7. The van der Waals surface area contributed by atoms with Gasteiger partial charge < -0.3 is 9.13 Å². The quantitative estimate of drug-likeness (QED) is 0.199. The van der Waals surface area contributed by atoms with Crippen molar-refractivity contribution in [2.45, 2.75) is 0 Å². The Balaban J connectivity index is 1.22. The van der Waals surface area contributed by atoms with Gasteiger partial charge >= 0.3 is 0 Å². The molecule has 0 atom stereocenters. The van der Waals surface area contributed by atoms with Gasteiger partial charge in [0, 0.05) is 32.8 Å². The van der Waals surface area contributed by atoms with Crippen molar-refractivity contribution in [3.05, 3.63) is 169 Å². The SMILES string of the molecule is N#Cc1cc(-c2c(C#N)cccc2-n2c3ccccc3c3ccccc32)ccc1-c1cccc(-n2c3ccccc3c3ccccc32)c1. The van der Waals surface area contributed by atoms with E-state index >= 15 is 0 Å². The summed E-state index contributed by atoms with van der Waals surface area (Å²) in [6.45, 7) is 0. The maximum Gasteiger partial charge on any atom is 0.0998 e. The van der Waals surface area contributed by atoms with E-state index in [-0.39, 0.29) is 0 Å². The third kappa shape index (κ3) is 4.07. The van der Waals surface area contributed by atoms with Crippen molar-refractivity contribution in [1.29, 1.82) is 10.5 Å². The maximum atomic E-state index is 10.5. The normalized spacial score (nSPS) is 11.3. The zero-order valence-corrected chi connectivity index (χ0v) is 25.8. The van der Waals surface area contributed by atoms with Gasteiger partial charge in [-0.15, -0.1) is 0 Å². The molecule has 0 N–H and O–H groups in total.